The third kappa shape index (κ3) is 4.46. The van der Waals surface area contributed by atoms with Crippen molar-refractivity contribution in [1.82, 2.24) is 4.90 Å². The molecule has 11 heteroatoms. The molecule has 2 amide bonds. The SMILES string of the molecule is CCCN1C(=O)S/C(=C/c2ccc(Oc3ccc([N+](=O)[O-])cc3[N+](=O)[O-])cc2)C1=O. The molecule has 154 valence electrons. The van der Waals surface area contributed by atoms with E-state index in [0.29, 0.717) is 23.4 Å². The van der Waals surface area contributed by atoms with Gasteiger partial charge in [-0.05, 0) is 48.0 Å². The number of amides is 2. The molecule has 0 bridgehead atoms. The molecule has 1 fully saturated rings. The van der Waals surface area contributed by atoms with Crippen molar-refractivity contribution in [2.75, 3.05) is 6.54 Å². The van der Waals surface area contributed by atoms with E-state index < -0.39 is 21.2 Å². The Morgan fingerprint density at radius 1 is 1.07 bits per heavy atom. The van der Waals surface area contributed by atoms with Crippen molar-refractivity contribution in [2.45, 2.75) is 13.3 Å². The maximum absolute atomic E-state index is 12.3. The van der Waals surface area contributed by atoms with E-state index in [-0.39, 0.29) is 22.6 Å². The summed E-state index contributed by atoms with van der Waals surface area (Å²) in [5, 5.41) is 21.7. The number of imide groups is 1. The van der Waals surface area contributed by atoms with Crippen LogP contribution in [0.15, 0.2) is 47.4 Å². The van der Waals surface area contributed by atoms with Gasteiger partial charge in [0.25, 0.3) is 16.8 Å². The summed E-state index contributed by atoms with van der Waals surface area (Å²) >= 11 is 0.869. The molecule has 0 radical (unpaired) electrons. The van der Waals surface area contributed by atoms with Crippen LogP contribution >= 0.6 is 11.8 Å². The molecule has 1 aliphatic rings. The minimum atomic E-state index is -0.761. The van der Waals surface area contributed by atoms with Crippen LogP contribution in [0.3, 0.4) is 0 Å². The second-order valence-corrected chi connectivity index (χ2v) is 7.16. The van der Waals surface area contributed by atoms with Gasteiger partial charge in [-0.1, -0.05) is 19.1 Å². The number of carbonyl (C=O) groups is 2. The average molecular weight is 429 g/mol. The van der Waals surface area contributed by atoms with Gasteiger partial charge in [0.2, 0.25) is 5.75 Å². The van der Waals surface area contributed by atoms with E-state index in [2.05, 4.69) is 0 Å². The summed E-state index contributed by atoms with van der Waals surface area (Å²) in [6.07, 6.45) is 2.25. The second kappa shape index (κ2) is 8.74. The Morgan fingerprint density at radius 3 is 2.37 bits per heavy atom. The zero-order chi connectivity index (χ0) is 21.8. The number of non-ortho nitro benzene ring substituents is 1. The lowest BCUT2D eigenvalue weighted by Gasteiger charge is -2.09. The number of nitrogens with zero attached hydrogens (tertiary/aromatic N) is 3. The van der Waals surface area contributed by atoms with Crippen LogP contribution in [-0.2, 0) is 4.79 Å². The summed E-state index contributed by atoms with van der Waals surface area (Å²) in [5.41, 5.74) is -0.304. The summed E-state index contributed by atoms with van der Waals surface area (Å²) in [5.74, 6) is -0.212. The van der Waals surface area contributed by atoms with E-state index in [1.54, 1.807) is 18.2 Å². The third-order valence-electron chi connectivity index (χ3n) is 4.08. The lowest BCUT2D eigenvalue weighted by Crippen LogP contribution is -2.28. The topological polar surface area (TPSA) is 133 Å². The normalized spacial score (nSPS) is 15.0. The van der Waals surface area contributed by atoms with Crippen molar-refractivity contribution < 1.29 is 24.2 Å². The van der Waals surface area contributed by atoms with Gasteiger partial charge in [0.1, 0.15) is 5.75 Å². The number of carbonyl (C=O) groups excluding carboxylic acids is 2. The van der Waals surface area contributed by atoms with Gasteiger partial charge >= 0.3 is 5.69 Å². The van der Waals surface area contributed by atoms with Crippen molar-refractivity contribution in [3.63, 3.8) is 0 Å². The predicted octanol–water partition coefficient (Wildman–Crippen LogP) is 4.74. The zero-order valence-electron chi connectivity index (χ0n) is 15.6. The van der Waals surface area contributed by atoms with Gasteiger partial charge in [-0.15, -0.1) is 0 Å². The Hall–Kier alpha value is -3.73. The van der Waals surface area contributed by atoms with Gasteiger partial charge in [-0.25, -0.2) is 0 Å². The van der Waals surface area contributed by atoms with Gasteiger partial charge in [-0.2, -0.15) is 0 Å². The fraction of sp³-hybridized carbons (Fsp3) is 0.158. The highest BCUT2D eigenvalue weighted by atomic mass is 32.2. The molecule has 0 spiro atoms. The van der Waals surface area contributed by atoms with Crippen molar-refractivity contribution in [2.24, 2.45) is 0 Å². The number of hydrogen-bond donors (Lipinski definition) is 0. The molecule has 1 saturated heterocycles. The zero-order valence-corrected chi connectivity index (χ0v) is 16.5. The fourth-order valence-electron chi connectivity index (χ4n) is 2.68. The Balaban J connectivity index is 1.79. The molecule has 0 unspecified atom stereocenters. The van der Waals surface area contributed by atoms with E-state index in [9.17, 15) is 29.8 Å². The van der Waals surface area contributed by atoms with Crippen LogP contribution in [0.5, 0.6) is 11.5 Å². The van der Waals surface area contributed by atoms with Crippen LogP contribution in [0.25, 0.3) is 6.08 Å². The largest absolute Gasteiger partial charge is 0.450 e. The fourth-order valence-corrected chi connectivity index (χ4v) is 3.54. The first-order valence-corrected chi connectivity index (χ1v) is 9.58. The highest BCUT2D eigenvalue weighted by molar-refractivity contribution is 8.18. The highest BCUT2D eigenvalue weighted by Gasteiger charge is 2.34. The number of ether oxygens (including phenoxy) is 1. The average Bonchev–Trinajstić information content (AvgIpc) is 2.97. The van der Waals surface area contributed by atoms with E-state index in [1.165, 1.54) is 17.0 Å². The summed E-state index contributed by atoms with van der Waals surface area (Å²) < 4.78 is 5.50. The van der Waals surface area contributed by atoms with Crippen LogP contribution in [-0.4, -0.2) is 32.4 Å². The Kier molecular flexibility index (Phi) is 6.11. The Morgan fingerprint density at radius 2 is 1.77 bits per heavy atom. The number of rotatable bonds is 7. The van der Waals surface area contributed by atoms with Crippen LogP contribution in [0, 0.1) is 20.2 Å². The molecule has 1 heterocycles. The maximum atomic E-state index is 12.3. The molecule has 2 aromatic carbocycles. The summed E-state index contributed by atoms with van der Waals surface area (Å²) in [6, 6.07) is 9.42. The molecule has 3 rings (SSSR count). The molecular formula is C19H15N3O7S. The first-order chi connectivity index (χ1) is 14.3. The van der Waals surface area contributed by atoms with Gasteiger partial charge in [0.05, 0.1) is 20.8 Å². The molecule has 2 aromatic rings. The number of hydrogen-bond acceptors (Lipinski definition) is 8. The van der Waals surface area contributed by atoms with E-state index in [0.717, 1.165) is 30.0 Å². The first-order valence-electron chi connectivity index (χ1n) is 8.76. The molecule has 0 aliphatic carbocycles. The lowest BCUT2D eigenvalue weighted by molar-refractivity contribution is -0.394. The molecule has 0 saturated carbocycles. The Labute approximate surface area is 174 Å². The molecule has 30 heavy (non-hydrogen) atoms. The lowest BCUT2D eigenvalue weighted by atomic mass is 10.2. The van der Waals surface area contributed by atoms with E-state index in [4.69, 9.17) is 4.74 Å². The first kappa shape index (κ1) is 21.0. The van der Waals surface area contributed by atoms with Crippen molar-refractivity contribution in [3.05, 3.63) is 73.2 Å². The quantitative estimate of drug-likeness (QED) is 0.350. The molecule has 1 aliphatic heterocycles. The molecule has 0 aromatic heterocycles. The number of thioether (sulfide) groups is 1. The molecule has 0 atom stereocenters. The minimum absolute atomic E-state index is 0.140. The van der Waals surface area contributed by atoms with Gasteiger partial charge < -0.3 is 4.74 Å². The Bertz CT molecular complexity index is 1070. The monoisotopic (exact) mass is 429 g/mol. The van der Waals surface area contributed by atoms with Crippen LogP contribution in [0.1, 0.15) is 18.9 Å². The standard InChI is InChI=1S/C19H15N3O7S/c1-2-9-20-18(23)17(30-19(20)24)10-12-3-6-14(7-4-12)29-16-8-5-13(21(25)26)11-15(16)22(27)28/h3-8,10-11H,2,9H2,1H3/b17-10+. The second-order valence-electron chi connectivity index (χ2n) is 6.17. The van der Waals surface area contributed by atoms with Gasteiger partial charge in [0.15, 0.2) is 0 Å². The molecule has 0 N–H and O–H groups in total. The number of nitro groups is 2. The van der Waals surface area contributed by atoms with Gasteiger partial charge in [0, 0.05) is 12.6 Å². The maximum Gasteiger partial charge on any atom is 0.318 e. The van der Waals surface area contributed by atoms with Crippen LogP contribution in [0.2, 0.25) is 0 Å². The minimum Gasteiger partial charge on any atom is -0.450 e. The van der Waals surface area contributed by atoms with Crippen molar-refractivity contribution in [3.8, 4) is 11.5 Å². The van der Waals surface area contributed by atoms with Crippen LogP contribution < -0.4 is 4.74 Å². The highest BCUT2D eigenvalue weighted by Crippen LogP contribution is 2.35. The van der Waals surface area contributed by atoms with Gasteiger partial charge in [-0.3, -0.25) is 34.7 Å². The van der Waals surface area contributed by atoms with Crippen molar-refractivity contribution in [1.29, 1.82) is 0 Å². The smallest absolute Gasteiger partial charge is 0.318 e. The van der Waals surface area contributed by atoms with E-state index >= 15 is 0 Å². The molecular weight excluding hydrogens is 414 g/mol. The number of benzene rings is 2. The predicted molar refractivity (Wildman–Crippen MR) is 109 cm³/mol. The summed E-state index contributed by atoms with van der Waals surface area (Å²) in [7, 11) is 0. The summed E-state index contributed by atoms with van der Waals surface area (Å²) in [4.78, 5) is 46.2. The van der Waals surface area contributed by atoms with Crippen molar-refractivity contribution >= 4 is 40.4 Å². The number of nitro benzene ring substituents is 2. The van der Waals surface area contributed by atoms with E-state index in [1.807, 2.05) is 6.92 Å². The summed E-state index contributed by atoms with van der Waals surface area (Å²) in [6.45, 7) is 2.24. The van der Waals surface area contributed by atoms with Crippen LogP contribution in [0.4, 0.5) is 16.2 Å². The molecule has 10 nitrogen and oxygen atoms in total. The third-order valence-corrected chi connectivity index (χ3v) is 4.98.